The number of piperidine rings is 1. The molecule has 0 saturated carbocycles. The van der Waals surface area contributed by atoms with Gasteiger partial charge in [0.05, 0.1) is 30.7 Å². The smallest absolute Gasteiger partial charge is 0.378 e. The Bertz CT molecular complexity index is 1600. The molecule has 0 bridgehead atoms. The number of rotatable bonds is 9. The maximum atomic E-state index is 14.1. The number of sulfonamides is 1. The summed E-state index contributed by atoms with van der Waals surface area (Å²) >= 11 is 0. The quantitative estimate of drug-likeness (QED) is 0.429. The van der Waals surface area contributed by atoms with Gasteiger partial charge in [-0.15, -0.1) is 0 Å². The van der Waals surface area contributed by atoms with E-state index < -0.39 is 27.8 Å². The lowest BCUT2D eigenvalue weighted by atomic mass is 9.97. The maximum absolute atomic E-state index is 14.1. The van der Waals surface area contributed by atoms with Crippen molar-refractivity contribution in [3.05, 3.63) is 40.6 Å². The SMILES string of the molecule is CS(=O)(=O)N1CCc2c(c(-c3ccc(C(F)(F)F)c(CNC(=O)N4CCOCC4)c3)nn2CCCN2CCC(N3CCCC3=O)CC2)C1. The van der Waals surface area contributed by atoms with Crippen molar-refractivity contribution in [2.45, 2.75) is 70.4 Å². The number of aryl methyl sites for hydroxylation is 1. The number of ether oxygens (including phenoxy) is 1. The highest BCUT2D eigenvalue weighted by Crippen LogP contribution is 2.37. The Kier molecular flexibility index (Phi) is 10.3. The third-order valence-corrected chi connectivity index (χ3v) is 11.2. The highest BCUT2D eigenvalue weighted by molar-refractivity contribution is 7.88. The number of aromatic nitrogens is 2. The van der Waals surface area contributed by atoms with Crippen LogP contribution < -0.4 is 5.32 Å². The predicted molar refractivity (Wildman–Crippen MR) is 171 cm³/mol. The first-order valence-corrected chi connectivity index (χ1v) is 18.6. The molecular formula is C32H44F3N7O5S. The van der Waals surface area contributed by atoms with Gasteiger partial charge in [0.1, 0.15) is 0 Å². The van der Waals surface area contributed by atoms with Crippen LogP contribution in [-0.2, 0) is 51.8 Å². The average molecular weight is 696 g/mol. The van der Waals surface area contributed by atoms with E-state index in [0.717, 1.165) is 69.9 Å². The number of nitrogens with zero attached hydrogens (tertiary/aromatic N) is 6. The number of morpholine rings is 1. The minimum absolute atomic E-state index is 0.0797. The van der Waals surface area contributed by atoms with Gasteiger partial charge >= 0.3 is 12.2 Å². The van der Waals surface area contributed by atoms with E-state index in [2.05, 4.69) is 10.2 Å². The third kappa shape index (κ3) is 7.81. The maximum Gasteiger partial charge on any atom is 0.416 e. The zero-order valence-electron chi connectivity index (χ0n) is 27.3. The van der Waals surface area contributed by atoms with Gasteiger partial charge in [0.2, 0.25) is 15.9 Å². The van der Waals surface area contributed by atoms with Crippen molar-refractivity contribution in [2.24, 2.45) is 0 Å². The van der Waals surface area contributed by atoms with Gasteiger partial charge in [-0.2, -0.15) is 22.6 Å². The number of benzene rings is 1. The molecule has 3 amide bonds. The second kappa shape index (κ2) is 14.3. The molecule has 0 radical (unpaired) electrons. The molecule has 1 aromatic carbocycles. The Hall–Kier alpha value is -3.21. The van der Waals surface area contributed by atoms with Crippen LogP contribution in [0.25, 0.3) is 11.3 Å². The zero-order valence-corrected chi connectivity index (χ0v) is 28.1. The number of halogens is 3. The first kappa shape index (κ1) is 34.6. The van der Waals surface area contributed by atoms with Crippen LogP contribution in [0.2, 0.25) is 0 Å². The molecule has 3 saturated heterocycles. The van der Waals surface area contributed by atoms with Crippen LogP contribution in [0.1, 0.15) is 54.5 Å². The van der Waals surface area contributed by atoms with Crippen LogP contribution in [-0.4, -0.2) is 120 Å². The lowest BCUT2D eigenvalue weighted by molar-refractivity contribution is -0.138. The largest absolute Gasteiger partial charge is 0.416 e. The Morgan fingerprint density at radius 3 is 2.46 bits per heavy atom. The van der Waals surface area contributed by atoms with Gasteiger partial charge in [-0.25, -0.2) is 13.2 Å². The minimum Gasteiger partial charge on any atom is -0.378 e. The molecule has 4 aliphatic heterocycles. The lowest BCUT2D eigenvalue weighted by Gasteiger charge is -2.36. The minimum atomic E-state index is -4.64. The van der Waals surface area contributed by atoms with E-state index in [1.54, 1.807) is 0 Å². The van der Waals surface area contributed by atoms with Gasteiger partial charge < -0.3 is 24.8 Å². The summed E-state index contributed by atoms with van der Waals surface area (Å²) in [5.41, 5.74) is 1.51. The molecule has 48 heavy (non-hydrogen) atoms. The van der Waals surface area contributed by atoms with Crippen molar-refractivity contribution in [2.75, 3.05) is 65.3 Å². The second-order valence-corrected chi connectivity index (χ2v) is 15.1. The number of urea groups is 1. The zero-order chi connectivity index (χ0) is 34.1. The van der Waals surface area contributed by atoms with Crippen molar-refractivity contribution in [3.8, 4) is 11.3 Å². The molecule has 264 valence electrons. The van der Waals surface area contributed by atoms with Gasteiger partial charge in [-0.05, 0) is 49.9 Å². The van der Waals surface area contributed by atoms with Crippen molar-refractivity contribution in [1.82, 2.24) is 34.1 Å². The number of carbonyl (C=O) groups is 2. The van der Waals surface area contributed by atoms with Crippen LogP contribution in [0.5, 0.6) is 0 Å². The van der Waals surface area contributed by atoms with Crippen LogP contribution in [0.15, 0.2) is 18.2 Å². The molecule has 6 rings (SSSR count). The normalized spacial score (nSPS) is 20.4. The number of hydrogen-bond acceptors (Lipinski definition) is 7. The summed E-state index contributed by atoms with van der Waals surface area (Å²) in [5, 5.41) is 7.51. The molecule has 0 unspecified atom stereocenters. The second-order valence-electron chi connectivity index (χ2n) is 13.1. The van der Waals surface area contributed by atoms with Crippen LogP contribution in [0.4, 0.5) is 18.0 Å². The van der Waals surface area contributed by atoms with E-state index in [1.807, 2.05) is 9.58 Å². The number of likely N-dealkylation sites (tertiary alicyclic amines) is 2. The molecule has 1 aromatic heterocycles. The third-order valence-electron chi connectivity index (χ3n) is 9.93. The predicted octanol–water partition coefficient (Wildman–Crippen LogP) is 2.91. The Morgan fingerprint density at radius 1 is 1.04 bits per heavy atom. The first-order chi connectivity index (χ1) is 22.9. The summed E-state index contributed by atoms with van der Waals surface area (Å²) in [6, 6.07) is 3.64. The van der Waals surface area contributed by atoms with Crippen molar-refractivity contribution in [1.29, 1.82) is 0 Å². The molecular weight excluding hydrogens is 651 g/mol. The summed E-state index contributed by atoms with van der Waals surface area (Å²) in [5.74, 6) is 0.264. The summed E-state index contributed by atoms with van der Waals surface area (Å²) in [7, 11) is -3.51. The van der Waals surface area contributed by atoms with E-state index in [1.165, 1.54) is 21.3 Å². The topological polar surface area (TPSA) is 120 Å². The fraction of sp³-hybridized carbons (Fsp3) is 0.656. The molecule has 4 aliphatic rings. The van der Waals surface area contributed by atoms with Crippen LogP contribution in [0, 0.1) is 0 Å². The number of hydrogen-bond donors (Lipinski definition) is 1. The molecule has 5 heterocycles. The van der Waals surface area contributed by atoms with Gasteiger partial charge in [0.25, 0.3) is 0 Å². The van der Waals surface area contributed by atoms with Gasteiger partial charge in [-0.1, -0.05) is 6.07 Å². The van der Waals surface area contributed by atoms with E-state index in [0.29, 0.717) is 75.1 Å². The highest BCUT2D eigenvalue weighted by Gasteiger charge is 2.35. The van der Waals surface area contributed by atoms with Crippen LogP contribution in [0.3, 0.4) is 0 Å². The van der Waals surface area contributed by atoms with E-state index in [4.69, 9.17) is 9.84 Å². The molecule has 0 atom stereocenters. The molecule has 16 heteroatoms. The fourth-order valence-electron chi connectivity index (χ4n) is 7.33. The first-order valence-electron chi connectivity index (χ1n) is 16.7. The van der Waals surface area contributed by atoms with E-state index >= 15 is 0 Å². The number of nitrogens with one attached hydrogen (secondary N) is 1. The van der Waals surface area contributed by atoms with Crippen molar-refractivity contribution in [3.63, 3.8) is 0 Å². The monoisotopic (exact) mass is 695 g/mol. The average Bonchev–Trinajstić information content (AvgIpc) is 3.66. The summed E-state index contributed by atoms with van der Waals surface area (Å²) in [4.78, 5) is 30.8. The van der Waals surface area contributed by atoms with Gasteiger partial charge in [0.15, 0.2) is 0 Å². The van der Waals surface area contributed by atoms with Crippen LogP contribution >= 0.6 is 0 Å². The van der Waals surface area contributed by atoms with E-state index in [9.17, 15) is 31.2 Å². The molecule has 1 N–H and O–H groups in total. The summed E-state index contributed by atoms with van der Waals surface area (Å²) < 4.78 is 75.8. The molecule has 2 aromatic rings. The number of fused-ring (bicyclic) bond motifs is 1. The summed E-state index contributed by atoms with van der Waals surface area (Å²) in [6.45, 7) is 5.60. The lowest BCUT2D eigenvalue weighted by Crippen LogP contribution is -2.46. The van der Waals surface area contributed by atoms with Gasteiger partial charge in [-0.3, -0.25) is 9.48 Å². The molecule has 0 spiro atoms. The summed E-state index contributed by atoms with van der Waals surface area (Å²) in [6.07, 6.45) is 1.25. The number of carbonyl (C=O) groups excluding carboxylic acids is 2. The Labute approximate surface area is 279 Å². The van der Waals surface area contributed by atoms with Gasteiger partial charge in [0, 0.05) is 94.6 Å². The van der Waals surface area contributed by atoms with Crippen molar-refractivity contribution < 1.29 is 35.9 Å². The number of alkyl halides is 3. The molecule has 3 fully saturated rings. The highest BCUT2D eigenvalue weighted by atomic mass is 32.2. The molecule has 0 aliphatic carbocycles. The fourth-order valence-corrected chi connectivity index (χ4v) is 8.12. The Balaban J connectivity index is 1.20. The standard InChI is InChI=1S/C32H44F3N7O5S/c1-48(45,46)40-15-9-28-26(22-40)30(37-42(28)12-3-10-38-13-7-25(8-14-38)41-11-2-4-29(41)43)23-5-6-27(32(33,34)35)24(20-23)21-36-31(44)39-16-18-47-19-17-39/h5-6,20,25H,2-4,7-19,21-22H2,1H3,(H,36,44). The number of amides is 3. The van der Waals surface area contributed by atoms with Crippen molar-refractivity contribution >= 4 is 22.0 Å². The van der Waals surface area contributed by atoms with E-state index in [-0.39, 0.29) is 24.6 Å². The Morgan fingerprint density at radius 2 is 1.79 bits per heavy atom. The molecule has 12 nitrogen and oxygen atoms in total.